The summed E-state index contributed by atoms with van der Waals surface area (Å²) in [5.74, 6) is 0.660. The summed E-state index contributed by atoms with van der Waals surface area (Å²) in [6.45, 7) is 3.80. The molecule has 7 nitrogen and oxygen atoms in total. The van der Waals surface area contributed by atoms with E-state index in [0.717, 1.165) is 0 Å². The Bertz CT molecular complexity index is 624. The molecule has 2 rings (SSSR count). The van der Waals surface area contributed by atoms with Gasteiger partial charge in [-0.25, -0.2) is 0 Å². The number of carbonyl (C=O) groups is 2. The number of aromatic nitrogens is 2. The van der Waals surface area contributed by atoms with Gasteiger partial charge in [-0.1, -0.05) is 5.16 Å². The van der Waals surface area contributed by atoms with E-state index in [-0.39, 0.29) is 11.8 Å². The zero-order valence-corrected chi connectivity index (χ0v) is 11.9. The number of hydrogen-bond acceptors (Lipinski definition) is 5. The molecule has 2 amide bonds. The van der Waals surface area contributed by atoms with Crippen molar-refractivity contribution in [2.45, 2.75) is 13.8 Å². The molecule has 0 fully saturated rings. The number of carbonyl (C=O) groups excluding carboxylic acids is 2. The Morgan fingerprint density at radius 3 is 2.81 bits per heavy atom. The molecule has 0 radical (unpaired) electrons. The van der Waals surface area contributed by atoms with Crippen molar-refractivity contribution in [1.29, 1.82) is 0 Å². The number of amides is 2. The molecule has 0 aliphatic heterocycles. The first-order valence-electron chi connectivity index (χ1n) is 6.47. The Kier molecular flexibility index (Phi) is 4.65. The Labute approximate surface area is 121 Å². The zero-order valence-electron chi connectivity index (χ0n) is 11.9. The van der Waals surface area contributed by atoms with E-state index >= 15 is 0 Å². The number of pyridine rings is 1. The first-order chi connectivity index (χ1) is 10.1. The molecule has 2 heterocycles. The second kappa shape index (κ2) is 6.65. The zero-order chi connectivity index (χ0) is 15.2. The van der Waals surface area contributed by atoms with Crippen molar-refractivity contribution in [3.8, 4) is 0 Å². The van der Waals surface area contributed by atoms with Gasteiger partial charge in [-0.3, -0.25) is 19.5 Å². The van der Waals surface area contributed by atoms with Crippen molar-refractivity contribution in [2.24, 2.45) is 0 Å². The molecule has 0 unspecified atom stereocenters. The minimum Gasteiger partial charge on any atom is -0.360 e. The van der Waals surface area contributed by atoms with Gasteiger partial charge in [0, 0.05) is 38.5 Å². The number of anilines is 1. The van der Waals surface area contributed by atoms with E-state index in [0.29, 0.717) is 30.2 Å². The van der Waals surface area contributed by atoms with E-state index in [2.05, 4.69) is 15.5 Å². The third-order valence-corrected chi connectivity index (χ3v) is 2.82. The van der Waals surface area contributed by atoms with Crippen LogP contribution in [0.5, 0.6) is 0 Å². The van der Waals surface area contributed by atoms with E-state index in [1.54, 1.807) is 31.3 Å². The Balaban J connectivity index is 1.91. The Morgan fingerprint density at radius 2 is 2.24 bits per heavy atom. The van der Waals surface area contributed by atoms with Gasteiger partial charge in [-0.05, 0) is 19.1 Å². The van der Waals surface area contributed by atoms with Crippen LogP contribution in [0.3, 0.4) is 0 Å². The van der Waals surface area contributed by atoms with Crippen molar-refractivity contribution in [3.05, 3.63) is 41.9 Å². The summed E-state index contributed by atoms with van der Waals surface area (Å²) >= 11 is 0. The van der Waals surface area contributed by atoms with E-state index in [9.17, 15) is 9.59 Å². The summed E-state index contributed by atoms with van der Waals surface area (Å²) in [4.78, 5) is 28.8. The molecule has 2 aromatic heterocycles. The van der Waals surface area contributed by atoms with Crippen LogP contribution in [0.15, 0.2) is 35.1 Å². The third-order valence-electron chi connectivity index (χ3n) is 2.82. The summed E-state index contributed by atoms with van der Waals surface area (Å²) in [6.07, 6.45) is 3.08. The van der Waals surface area contributed by atoms with E-state index < -0.39 is 0 Å². The first kappa shape index (κ1) is 14.7. The van der Waals surface area contributed by atoms with Crippen molar-refractivity contribution < 1.29 is 14.1 Å². The Hall–Kier alpha value is -2.70. The largest absolute Gasteiger partial charge is 0.360 e. The maximum absolute atomic E-state index is 11.8. The van der Waals surface area contributed by atoms with Crippen LogP contribution >= 0.6 is 0 Å². The van der Waals surface area contributed by atoms with Crippen molar-refractivity contribution in [3.63, 3.8) is 0 Å². The van der Waals surface area contributed by atoms with Crippen molar-refractivity contribution >= 4 is 17.6 Å². The minimum atomic E-state index is -0.233. The molecule has 0 bridgehead atoms. The fourth-order valence-corrected chi connectivity index (χ4v) is 1.79. The average molecular weight is 288 g/mol. The first-order valence-corrected chi connectivity index (χ1v) is 6.47. The topological polar surface area (TPSA) is 88.3 Å². The lowest BCUT2D eigenvalue weighted by Crippen LogP contribution is -2.37. The number of aryl methyl sites for hydroxylation is 1. The van der Waals surface area contributed by atoms with E-state index in [1.165, 1.54) is 18.0 Å². The standard InChI is InChI=1S/C14H16N4O3/c1-10-8-13(17-21-10)18(11(2)19)7-6-16-14(20)12-4-3-5-15-9-12/h3-5,8-9H,6-7H2,1-2H3,(H,16,20). The highest BCUT2D eigenvalue weighted by Crippen LogP contribution is 2.13. The van der Waals surface area contributed by atoms with Gasteiger partial charge in [0.1, 0.15) is 5.76 Å². The number of hydrogen-bond donors (Lipinski definition) is 1. The van der Waals surface area contributed by atoms with Gasteiger partial charge in [-0.15, -0.1) is 0 Å². The van der Waals surface area contributed by atoms with E-state index in [1.807, 2.05) is 0 Å². The molecule has 21 heavy (non-hydrogen) atoms. The van der Waals surface area contributed by atoms with Crippen LogP contribution in [-0.4, -0.2) is 35.0 Å². The monoisotopic (exact) mass is 288 g/mol. The maximum atomic E-state index is 11.8. The highest BCUT2D eigenvalue weighted by molar-refractivity contribution is 5.94. The molecule has 1 N–H and O–H groups in total. The third kappa shape index (κ3) is 3.88. The molecule has 0 spiro atoms. The molecule has 0 saturated carbocycles. The number of nitrogens with zero attached hydrogens (tertiary/aromatic N) is 3. The summed E-state index contributed by atoms with van der Waals surface area (Å²) in [6, 6.07) is 5.03. The van der Waals surface area contributed by atoms with Gasteiger partial charge in [0.05, 0.1) is 5.56 Å². The number of nitrogens with one attached hydrogen (secondary N) is 1. The second-order valence-electron chi connectivity index (χ2n) is 4.46. The van der Waals surface area contributed by atoms with Crippen molar-refractivity contribution in [2.75, 3.05) is 18.0 Å². The van der Waals surface area contributed by atoms with Crippen LogP contribution in [0, 0.1) is 6.92 Å². The maximum Gasteiger partial charge on any atom is 0.252 e. The lowest BCUT2D eigenvalue weighted by molar-refractivity contribution is -0.116. The molecule has 7 heteroatoms. The normalized spacial score (nSPS) is 10.2. The van der Waals surface area contributed by atoms with Gasteiger partial charge in [0.15, 0.2) is 5.82 Å². The van der Waals surface area contributed by atoms with Gasteiger partial charge in [0.25, 0.3) is 5.91 Å². The predicted molar refractivity (Wildman–Crippen MR) is 75.8 cm³/mol. The fraction of sp³-hybridized carbons (Fsp3) is 0.286. The van der Waals surface area contributed by atoms with Crippen LogP contribution in [0.1, 0.15) is 23.0 Å². The van der Waals surface area contributed by atoms with E-state index in [4.69, 9.17) is 4.52 Å². The second-order valence-corrected chi connectivity index (χ2v) is 4.46. The molecular formula is C14H16N4O3. The van der Waals surface area contributed by atoms with Gasteiger partial charge in [-0.2, -0.15) is 0 Å². The molecule has 0 aliphatic carbocycles. The summed E-state index contributed by atoms with van der Waals surface area (Å²) in [5.41, 5.74) is 0.476. The molecule has 0 atom stereocenters. The highest BCUT2D eigenvalue weighted by Gasteiger charge is 2.15. The molecule has 0 saturated heterocycles. The summed E-state index contributed by atoms with van der Waals surface area (Å²) < 4.78 is 4.95. The minimum absolute atomic E-state index is 0.168. The van der Waals surface area contributed by atoms with Crippen molar-refractivity contribution in [1.82, 2.24) is 15.5 Å². The molecule has 110 valence electrons. The summed E-state index contributed by atoms with van der Waals surface area (Å²) in [7, 11) is 0. The quantitative estimate of drug-likeness (QED) is 0.892. The highest BCUT2D eigenvalue weighted by atomic mass is 16.5. The van der Waals surface area contributed by atoms with Crippen LogP contribution in [-0.2, 0) is 4.79 Å². The van der Waals surface area contributed by atoms with Crippen LogP contribution in [0.25, 0.3) is 0 Å². The number of rotatable bonds is 5. The lowest BCUT2D eigenvalue weighted by Gasteiger charge is -2.17. The molecular weight excluding hydrogens is 272 g/mol. The predicted octanol–water partition coefficient (Wildman–Crippen LogP) is 1.16. The average Bonchev–Trinajstić information content (AvgIpc) is 2.90. The van der Waals surface area contributed by atoms with Crippen LogP contribution in [0.2, 0.25) is 0 Å². The Morgan fingerprint density at radius 1 is 1.43 bits per heavy atom. The van der Waals surface area contributed by atoms with Crippen LogP contribution in [0.4, 0.5) is 5.82 Å². The van der Waals surface area contributed by atoms with Crippen LogP contribution < -0.4 is 10.2 Å². The lowest BCUT2D eigenvalue weighted by atomic mass is 10.3. The van der Waals surface area contributed by atoms with Gasteiger partial charge in [0.2, 0.25) is 5.91 Å². The fourth-order valence-electron chi connectivity index (χ4n) is 1.79. The summed E-state index contributed by atoms with van der Waals surface area (Å²) in [5, 5.41) is 6.53. The molecule has 2 aromatic rings. The SMILES string of the molecule is CC(=O)N(CCNC(=O)c1cccnc1)c1cc(C)on1. The smallest absolute Gasteiger partial charge is 0.252 e. The van der Waals surface area contributed by atoms with Gasteiger partial charge < -0.3 is 9.84 Å². The van der Waals surface area contributed by atoms with Gasteiger partial charge >= 0.3 is 0 Å². The molecule has 0 aromatic carbocycles. The molecule has 0 aliphatic rings.